The lowest BCUT2D eigenvalue weighted by molar-refractivity contribution is -0.152. The van der Waals surface area contributed by atoms with Gasteiger partial charge in [0.15, 0.2) is 0 Å². The SMILES string of the molecule is CCN(CC)S(=O)(=O)c1ccc(CCC(=O)N2C(C(=O)OC)CC3CCCCC32)cc1. The third kappa shape index (κ3) is 4.95. The monoisotopic (exact) mass is 450 g/mol. The number of hydrogen-bond acceptors (Lipinski definition) is 5. The van der Waals surface area contributed by atoms with Gasteiger partial charge in [-0.25, -0.2) is 13.2 Å². The van der Waals surface area contributed by atoms with Crippen molar-refractivity contribution in [2.75, 3.05) is 20.2 Å². The second kappa shape index (κ2) is 10.1. The highest BCUT2D eigenvalue weighted by Crippen LogP contribution is 2.40. The van der Waals surface area contributed by atoms with Crippen molar-refractivity contribution in [1.82, 2.24) is 9.21 Å². The number of sulfonamides is 1. The Labute approximate surface area is 185 Å². The van der Waals surface area contributed by atoms with Crippen LogP contribution < -0.4 is 0 Å². The van der Waals surface area contributed by atoms with Crippen molar-refractivity contribution in [2.45, 2.75) is 75.8 Å². The number of fused-ring (bicyclic) bond motifs is 1. The van der Waals surface area contributed by atoms with E-state index in [9.17, 15) is 18.0 Å². The Morgan fingerprint density at radius 1 is 1.10 bits per heavy atom. The zero-order valence-electron chi connectivity index (χ0n) is 18.7. The summed E-state index contributed by atoms with van der Waals surface area (Å²) in [6.07, 6.45) is 5.74. The summed E-state index contributed by atoms with van der Waals surface area (Å²) in [4.78, 5) is 27.5. The van der Waals surface area contributed by atoms with Gasteiger partial charge in [0.2, 0.25) is 15.9 Å². The number of benzene rings is 1. The molecule has 0 bridgehead atoms. The minimum absolute atomic E-state index is 0.0235. The van der Waals surface area contributed by atoms with Crippen LogP contribution in [0.4, 0.5) is 0 Å². The van der Waals surface area contributed by atoms with Crippen molar-refractivity contribution in [3.05, 3.63) is 29.8 Å². The molecule has 3 rings (SSSR count). The van der Waals surface area contributed by atoms with Crippen LogP contribution in [0.3, 0.4) is 0 Å². The topological polar surface area (TPSA) is 84.0 Å². The summed E-state index contributed by atoms with van der Waals surface area (Å²) in [6.45, 7) is 4.48. The predicted octanol–water partition coefficient (Wildman–Crippen LogP) is 2.98. The summed E-state index contributed by atoms with van der Waals surface area (Å²) in [5.41, 5.74) is 0.904. The first kappa shape index (κ1) is 23.7. The molecule has 1 aromatic rings. The van der Waals surface area contributed by atoms with E-state index < -0.39 is 16.1 Å². The van der Waals surface area contributed by atoms with Crippen LogP contribution in [0.5, 0.6) is 0 Å². The zero-order chi connectivity index (χ0) is 22.6. The Morgan fingerprint density at radius 2 is 1.74 bits per heavy atom. The molecule has 2 aliphatic rings. The molecule has 3 atom stereocenters. The summed E-state index contributed by atoms with van der Waals surface area (Å²) in [5.74, 6) is 0.0321. The number of aryl methyl sites for hydroxylation is 1. The number of rotatable bonds is 8. The lowest BCUT2D eigenvalue weighted by atomic mass is 9.84. The van der Waals surface area contributed by atoms with Gasteiger partial charge in [0, 0.05) is 25.6 Å². The normalized spacial score (nSPS) is 23.6. The smallest absolute Gasteiger partial charge is 0.328 e. The molecule has 3 unspecified atom stereocenters. The minimum Gasteiger partial charge on any atom is -0.467 e. The second-order valence-corrected chi connectivity index (χ2v) is 10.4. The Morgan fingerprint density at radius 3 is 2.35 bits per heavy atom. The molecule has 1 heterocycles. The van der Waals surface area contributed by atoms with Gasteiger partial charge < -0.3 is 9.64 Å². The van der Waals surface area contributed by atoms with Gasteiger partial charge in [-0.1, -0.05) is 38.8 Å². The highest BCUT2D eigenvalue weighted by atomic mass is 32.2. The average Bonchev–Trinajstić information content (AvgIpc) is 3.17. The Hall–Kier alpha value is -1.93. The van der Waals surface area contributed by atoms with Crippen LogP contribution in [0.1, 0.15) is 57.9 Å². The molecule has 1 aliphatic heterocycles. The van der Waals surface area contributed by atoms with Crippen LogP contribution in [0, 0.1) is 5.92 Å². The van der Waals surface area contributed by atoms with Gasteiger partial charge in [0.05, 0.1) is 12.0 Å². The van der Waals surface area contributed by atoms with Crippen LogP contribution in [0.25, 0.3) is 0 Å². The second-order valence-electron chi connectivity index (χ2n) is 8.42. The maximum Gasteiger partial charge on any atom is 0.328 e. The number of ether oxygens (including phenoxy) is 1. The molecule has 31 heavy (non-hydrogen) atoms. The van der Waals surface area contributed by atoms with Crippen molar-refractivity contribution >= 4 is 21.9 Å². The lowest BCUT2D eigenvalue weighted by Gasteiger charge is -2.33. The lowest BCUT2D eigenvalue weighted by Crippen LogP contribution is -2.46. The number of carbonyl (C=O) groups is 2. The number of nitrogens with zero attached hydrogens (tertiary/aromatic N) is 2. The van der Waals surface area contributed by atoms with E-state index in [2.05, 4.69) is 0 Å². The van der Waals surface area contributed by atoms with Crippen LogP contribution in [-0.4, -0.2) is 61.8 Å². The molecule has 1 aliphatic carbocycles. The van der Waals surface area contributed by atoms with Gasteiger partial charge in [0.25, 0.3) is 0 Å². The molecular formula is C23H34N2O5S. The standard InChI is InChI=1S/C23H34N2O5S/c1-4-24(5-2)31(28,29)19-13-10-17(11-14-19)12-15-22(26)25-20-9-7-6-8-18(20)16-21(25)23(27)30-3/h10-11,13-14,18,20-21H,4-9,12,15-16H2,1-3H3. The van der Waals surface area contributed by atoms with E-state index >= 15 is 0 Å². The van der Waals surface area contributed by atoms with E-state index in [0.29, 0.717) is 38.3 Å². The quantitative estimate of drug-likeness (QED) is 0.569. The maximum absolute atomic E-state index is 13.1. The van der Waals surface area contributed by atoms with Gasteiger partial charge >= 0.3 is 5.97 Å². The van der Waals surface area contributed by atoms with Crippen LogP contribution >= 0.6 is 0 Å². The van der Waals surface area contributed by atoms with Crippen LogP contribution in [-0.2, 0) is 30.8 Å². The number of hydrogen-bond donors (Lipinski definition) is 0. The summed E-state index contributed by atoms with van der Waals surface area (Å²) < 4.78 is 31.7. The molecule has 1 amide bonds. The van der Waals surface area contributed by atoms with E-state index in [4.69, 9.17) is 4.74 Å². The van der Waals surface area contributed by atoms with E-state index in [-0.39, 0.29) is 22.8 Å². The van der Waals surface area contributed by atoms with E-state index in [0.717, 1.165) is 31.2 Å². The summed E-state index contributed by atoms with van der Waals surface area (Å²) in [7, 11) is -2.11. The number of likely N-dealkylation sites (tertiary alicyclic amines) is 1. The third-order valence-electron chi connectivity index (χ3n) is 6.74. The molecule has 172 valence electrons. The highest BCUT2D eigenvalue weighted by molar-refractivity contribution is 7.89. The molecule has 0 radical (unpaired) electrons. The first-order valence-electron chi connectivity index (χ1n) is 11.3. The maximum atomic E-state index is 13.1. The van der Waals surface area contributed by atoms with Crippen LogP contribution in [0.2, 0.25) is 0 Å². The molecule has 7 nitrogen and oxygen atoms in total. The number of methoxy groups -OCH3 is 1. The molecule has 0 aromatic heterocycles. The Kier molecular flexibility index (Phi) is 7.75. The van der Waals surface area contributed by atoms with Crippen molar-refractivity contribution in [3.63, 3.8) is 0 Å². The number of esters is 1. The first-order valence-corrected chi connectivity index (χ1v) is 12.8. The van der Waals surface area contributed by atoms with Crippen LogP contribution in [0.15, 0.2) is 29.2 Å². The average molecular weight is 451 g/mol. The largest absolute Gasteiger partial charge is 0.467 e. The fourth-order valence-corrected chi connectivity index (χ4v) is 6.54. The fraction of sp³-hybridized carbons (Fsp3) is 0.652. The van der Waals surface area contributed by atoms with Gasteiger partial charge in [-0.05, 0) is 49.3 Å². The van der Waals surface area contributed by atoms with Gasteiger partial charge in [-0.3, -0.25) is 4.79 Å². The van der Waals surface area contributed by atoms with Crippen molar-refractivity contribution < 1.29 is 22.7 Å². The minimum atomic E-state index is -3.49. The zero-order valence-corrected chi connectivity index (χ0v) is 19.6. The van der Waals surface area contributed by atoms with Gasteiger partial charge in [-0.15, -0.1) is 0 Å². The van der Waals surface area contributed by atoms with E-state index in [1.165, 1.54) is 11.4 Å². The van der Waals surface area contributed by atoms with E-state index in [1.807, 2.05) is 13.8 Å². The Balaban J connectivity index is 1.67. The number of carbonyl (C=O) groups excluding carboxylic acids is 2. The molecule has 8 heteroatoms. The van der Waals surface area contributed by atoms with Crippen molar-refractivity contribution in [2.24, 2.45) is 5.92 Å². The summed E-state index contributed by atoms with van der Waals surface area (Å²) >= 11 is 0. The summed E-state index contributed by atoms with van der Waals surface area (Å²) in [5, 5.41) is 0. The molecule has 1 saturated heterocycles. The highest BCUT2D eigenvalue weighted by Gasteiger charge is 2.47. The molecule has 0 N–H and O–H groups in total. The number of amides is 1. The van der Waals surface area contributed by atoms with Crippen molar-refractivity contribution in [3.8, 4) is 0 Å². The molecule has 2 fully saturated rings. The van der Waals surface area contributed by atoms with Gasteiger partial charge in [-0.2, -0.15) is 4.31 Å². The Bertz CT molecular complexity index is 880. The molecule has 0 spiro atoms. The predicted molar refractivity (Wildman–Crippen MR) is 118 cm³/mol. The van der Waals surface area contributed by atoms with E-state index in [1.54, 1.807) is 29.2 Å². The summed E-state index contributed by atoms with van der Waals surface area (Å²) in [6, 6.07) is 6.42. The third-order valence-corrected chi connectivity index (χ3v) is 8.81. The molecule has 1 aromatic carbocycles. The fourth-order valence-electron chi connectivity index (χ4n) is 5.09. The van der Waals surface area contributed by atoms with Gasteiger partial charge in [0.1, 0.15) is 6.04 Å². The van der Waals surface area contributed by atoms with Crippen molar-refractivity contribution in [1.29, 1.82) is 0 Å². The first-order chi connectivity index (χ1) is 14.8. The molecular weight excluding hydrogens is 416 g/mol. The molecule has 1 saturated carbocycles.